The second-order valence-corrected chi connectivity index (χ2v) is 14.2. The number of hydrogen-bond acceptors (Lipinski definition) is 1. The molecule has 0 amide bonds. The van der Waals surface area contributed by atoms with Crippen molar-refractivity contribution in [3.05, 3.63) is 0 Å². The maximum absolute atomic E-state index is 6.66. The Kier molecular flexibility index (Phi) is 4.77. The molecule has 0 heterocycles. The topological polar surface area (TPSA) is 9.23 Å². The minimum atomic E-state index is -1.67. The van der Waals surface area contributed by atoms with Crippen LogP contribution in [0.2, 0.25) is 18.1 Å². The van der Waals surface area contributed by atoms with E-state index >= 15 is 0 Å². The molecule has 0 aromatic heterocycles. The van der Waals surface area contributed by atoms with E-state index in [1.165, 1.54) is 25.7 Å². The van der Waals surface area contributed by atoms with Gasteiger partial charge in [0.2, 0.25) is 0 Å². The Bertz CT molecular complexity index is 240. The molecule has 0 bridgehead atoms. The predicted molar refractivity (Wildman–Crippen MR) is 81.1 cm³/mol. The summed E-state index contributed by atoms with van der Waals surface area (Å²) in [5.41, 5.74) is 0.0308. The van der Waals surface area contributed by atoms with Gasteiger partial charge in [0.15, 0.2) is 8.32 Å². The van der Waals surface area contributed by atoms with Gasteiger partial charge in [-0.15, -0.1) is 0 Å². The summed E-state index contributed by atoms with van der Waals surface area (Å²) in [7, 11) is -1.67. The van der Waals surface area contributed by atoms with Crippen molar-refractivity contribution in [1.82, 2.24) is 0 Å². The lowest BCUT2D eigenvalue weighted by Crippen LogP contribution is -2.51. The maximum Gasteiger partial charge on any atom is 0.192 e. The minimum Gasteiger partial charge on any atom is -0.409 e. The molecule has 0 aromatic rings. The van der Waals surface area contributed by atoms with E-state index in [2.05, 4.69) is 65.7 Å². The molecule has 1 aliphatic rings. The monoisotopic (exact) mass is 370 g/mol. The number of alkyl halides is 2. The van der Waals surface area contributed by atoms with E-state index < -0.39 is 8.32 Å². The van der Waals surface area contributed by atoms with Crippen LogP contribution in [0, 0.1) is 0 Å². The molecule has 0 spiro atoms. The Morgan fingerprint density at radius 1 is 1.12 bits per heavy atom. The highest BCUT2D eigenvalue weighted by Crippen LogP contribution is 2.48. The minimum absolute atomic E-state index is 0.0308. The predicted octanol–water partition coefficient (Wildman–Crippen LogP) is 5.44. The summed E-state index contributed by atoms with van der Waals surface area (Å²) in [6, 6.07) is 0. The first-order valence-electron chi connectivity index (χ1n) is 6.09. The van der Waals surface area contributed by atoms with Crippen LogP contribution in [0.1, 0.15) is 46.5 Å². The molecule has 1 rings (SSSR count). The third-order valence-electron chi connectivity index (χ3n) is 4.11. The van der Waals surface area contributed by atoms with Gasteiger partial charge >= 0.3 is 0 Å². The summed E-state index contributed by atoms with van der Waals surface area (Å²) in [5.74, 6) is 0. The van der Waals surface area contributed by atoms with E-state index in [4.69, 9.17) is 4.43 Å². The Morgan fingerprint density at radius 2 is 1.56 bits per heavy atom. The van der Waals surface area contributed by atoms with Crippen LogP contribution in [0.5, 0.6) is 0 Å². The fraction of sp³-hybridized carbons (Fsp3) is 1.00. The van der Waals surface area contributed by atoms with Crippen LogP contribution in [0.25, 0.3) is 0 Å². The molecular formula is C12H24Br2OSi. The second-order valence-electron chi connectivity index (χ2n) is 6.43. The summed E-state index contributed by atoms with van der Waals surface area (Å²) in [6.45, 7) is 11.6. The van der Waals surface area contributed by atoms with Crippen molar-refractivity contribution in [2.24, 2.45) is 0 Å². The summed E-state index contributed by atoms with van der Waals surface area (Å²) < 4.78 is 6.94. The van der Waals surface area contributed by atoms with Crippen molar-refractivity contribution >= 4 is 40.2 Å². The highest BCUT2D eigenvalue weighted by atomic mass is 79.9. The number of hydrogen-bond donors (Lipinski definition) is 0. The second kappa shape index (κ2) is 5.02. The summed E-state index contributed by atoms with van der Waals surface area (Å²) in [5, 5.41) is 0.289. The number of halogens is 2. The lowest BCUT2D eigenvalue weighted by atomic mass is 10.1. The van der Waals surface area contributed by atoms with Gasteiger partial charge in [-0.05, 0) is 31.0 Å². The van der Waals surface area contributed by atoms with Crippen LogP contribution in [0.15, 0.2) is 0 Å². The molecule has 96 valence electrons. The first kappa shape index (κ1) is 15.2. The van der Waals surface area contributed by atoms with Gasteiger partial charge in [0.25, 0.3) is 0 Å². The average Bonchev–Trinajstić information content (AvgIpc) is 2.50. The molecule has 0 unspecified atom stereocenters. The number of rotatable bonds is 3. The van der Waals surface area contributed by atoms with Crippen molar-refractivity contribution in [3.8, 4) is 0 Å². The van der Waals surface area contributed by atoms with Crippen LogP contribution in [0.4, 0.5) is 0 Å². The molecular weight excluding hydrogens is 348 g/mol. The molecule has 0 atom stereocenters. The average molecular weight is 372 g/mol. The molecule has 16 heavy (non-hydrogen) atoms. The zero-order valence-electron chi connectivity index (χ0n) is 11.1. The molecule has 0 radical (unpaired) electrons. The molecule has 4 heteroatoms. The van der Waals surface area contributed by atoms with E-state index in [1.807, 2.05) is 0 Å². The van der Waals surface area contributed by atoms with Crippen LogP contribution in [0.3, 0.4) is 0 Å². The van der Waals surface area contributed by atoms with Crippen LogP contribution in [-0.2, 0) is 4.43 Å². The van der Waals surface area contributed by atoms with Gasteiger partial charge in [0.05, 0.1) is 9.34 Å². The van der Waals surface area contributed by atoms with Gasteiger partial charge in [0.1, 0.15) is 0 Å². The van der Waals surface area contributed by atoms with E-state index in [0.29, 0.717) is 0 Å². The highest BCUT2D eigenvalue weighted by Gasteiger charge is 2.48. The van der Waals surface area contributed by atoms with E-state index in [-0.39, 0.29) is 14.4 Å². The van der Waals surface area contributed by atoms with Gasteiger partial charge in [-0.2, -0.15) is 0 Å². The van der Waals surface area contributed by atoms with Gasteiger partial charge in [0, 0.05) is 0 Å². The van der Waals surface area contributed by atoms with E-state index in [9.17, 15) is 0 Å². The zero-order valence-corrected chi connectivity index (χ0v) is 15.2. The van der Waals surface area contributed by atoms with Crippen molar-refractivity contribution in [2.45, 2.75) is 73.9 Å². The molecule has 1 aliphatic carbocycles. The molecule has 0 aliphatic heterocycles. The molecule has 0 saturated heterocycles. The SMILES string of the molecule is CC(C)(C)[Si](C)(C)OC1(C(Br)Br)CCCC1. The fourth-order valence-electron chi connectivity index (χ4n) is 2.00. The summed E-state index contributed by atoms with van der Waals surface area (Å²) in [6.07, 6.45) is 4.95. The third kappa shape index (κ3) is 3.12. The summed E-state index contributed by atoms with van der Waals surface area (Å²) in [4.78, 5) is 0. The Hall–Kier alpha value is 1.14. The Morgan fingerprint density at radius 3 is 1.88 bits per heavy atom. The first-order valence-corrected chi connectivity index (χ1v) is 10.8. The molecule has 1 saturated carbocycles. The van der Waals surface area contributed by atoms with Crippen LogP contribution < -0.4 is 0 Å². The Balaban J connectivity index is 2.84. The largest absolute Gasteiger partial charge is 0.409 e. The quantitative estimate of drug-likeness (QED) is 0.474. The van der Waals surface area contributed by atoms with Gasteiger partial charge in [-0.25, -0.2) is 0 Å². The fourth-order valence-corrected chi connectivity index (χ4v) is 5.09. The van der Waals surface area contributed by atoms with Crippen molar-refractivity contribution in [1.29, 1.82) is 0 Å². The van der Waals surface area contributed by atoms with Crippen LogP contribution >= 0.6 is 31.9 Å². The standard InChI is InChI=1S/C12H24Br2OSi/c1-11(2,3)16(4,5)15-12(10(13)14)8-6-7-9-12/h10H,6-9H2,1-5H3. The first-order chi connectivity index (χ1) is 7.11. The maximum atomic E-state index is 6.66. The molecule has 0 aromatic carbocycles. The molecule has 1 nitrogen and oxygen atoms in total. The smallest absolute Gasteiger partial charge is 0.192 e. The normalized spacial score (nSPS) is 21.8. The van der Waals surface area contributed by atoms with Crippen LogP contribution in [-0.4, -0.2) is 17.7 Å². The lowest BCUT2D eigenvalue weighted by molar-refractivity contribution is 0.0797. The van der Waals surface area contributed by atoms with Crippen molar-refractivity contribution in [2.75, 3.05) is 0 Å². The van der Waals surface area contributed by atoms with E-state index in [0.717, 1.165) is 0 Å². The Labute approximate surface area is 118 Å². The lowest BCUT2D eigenvalue weighted by Gasteiger charge is -2.45. The molecule has 0 N–H and O–H groups in total. The van der Waals surface area contributed by atoms with Gasteiger partial charge in [-0.3, -0.25) is 0 Å². The van der Waals surface area contributed by atoms with E-state index in [1.54, 1.807) is 0 Å². The van der Waals surface area contributed by atoms with Crippen molar-refractivity contribution in [3.63, 3.8) is 0 Å². The highest BCUT2D eigenvalue weighted by molar-refractivity contribution is 9.24. The van der Waals surface area contributed by atoms with Gasteiger partial charge in [-0.1, -0.05) is 65.5 Å². The van der Waals surface area contributed by atoms with Crippen molar-refractivity contribution < 1.29 is 4.43 Å². The zero-order chi connectivity index (χ0) is 12.6. The molecule has 1 fully saturated rings. The van der Waals surface area contributed by atoms with Gasteiger partial charge < -0.3 is 4.43 Å². The third-order valence-corrected chi connectivity index (χ3v) is 10.3. The summed E-state index contributed by atoms with van der Waals surface area (Å²) >= 11 is 7.38.